The third kappa shape index (κ3) is 3.52. The third-order valence-electron chi connectivity index (χ3n) is 4.67. The summed E-state index contributed by atoms with van der Waals surface area (Å²) in [5, 5.41) is 13.2. The number of benzene rings is 1. The molecule has 1 N–H and O–H groups in total. The van der Waals surface area contributed by atoms with Gasteiger partial charge in [0.1, 0.15) is 11.1 Å². The van der Waals surface area contributed by atoms with Crippen molar-refractivity contribution >= 4 is 22.2 Å². The van der Waals surface area contributed by atoms with E-state index < -0.39 is 0 Å². The van der Waals surface area contributed by atoms with Gasteiger partial charge < -0.3 is 5.32 Å². The Kier molecular flexibility index (Phi) is 5.01. The second-order valence-corrected chi connectivity index (χ2v) is 7.67. The van der Waals surface area contributed by atoms with E-state index in [4.69, 9.17) is 0 Å². The van der Waals surface area contributed by atoms with Crippen molar-refractivity contribution in [3.8, 4) is 6.07 Å². The lowest BCUT2D eigenvalue weighted by molar-refractivity contribution is -0.115. The summed E-state index contributed by atoms with van der Waals surface area (Å²) in [6.07, 6.45) is 4.42. The SMILES string of the molecule is CCc1ccc(CC(=O)Nc2sc3c(c2C#N)CCC(C)C3)cc1. The molecule has 1 aromatic carbocycles. The van der Waals surface area contributed by atoms with Gasteiger partial charge in [-0.3, -0.25) is 4.79 Å². The fourth-order valence-corrected chi connectivity index (χ4v) is 4.58. The van der Waals surface area contributed by atoms with Crippen LogP contribution < -0.4 is 5.32 Å². The van der Waals surface area contributed by atoms with Gasteiger partial charge in [0.2, 0.25) is 5.91 Å². The molecule has 1 aliphatic rings. The molecule has 0 radical (unpaired) electrons. The van der Waals surface area contributed by atoms with Crippen molar-refractivity contribution in [2.75, 3.05) is 5.32 Å². The first-order valence-corrected chi connectivity index (χ1v) is 9.34. The number of amides is 1. The number of fused-ring (bicyclic) bond motifs is 1. The van der Waals surface area contributed by atoms with Crippen LogP contribution in [0.2, 0.25) is 0 Å². The quantitative estimate of drug-likeness (QED) is 0.893. The Hall–Kier alpha value is -2.12. The van der Waals surface area contributed by atoms with Crippen LogP contribution in [0.4, 0.5) is 5.00 Å². The predicted octanol–water partition coefficient (Wildman–Crippen LogP) is 4.49. The fourth-order valence-electron chi connectivity index (χ4n) is 3.21. The smallest absolute Gasteiger partial charge is 0.229 e. The van der Waals surface area contributed by atoms with Gasteiger partial charge in [-0.1, -0.05) is 38.1 Å². The van der Waals surface area contributed by atoms with Crippen molar-refractivity contribution in [2.24, 2.45) is 5.92 Å². The van der Waals surface area contributed by atoms with Crippen LogP contribution in [0.5, 0.6) is 0 Å². The molecule has 1 heterocycles. The Bertz CT molecular complexity index is 783. The standard InChI is InChI=1S/C20H22N2OS/c1-3-14-5-7-15(8-6-14)11-19(23)22-20-17(12-21)16-9-4-13(2)10-18(16)24-20/h5-8,13H,3-4,9-11H2,1-2H3,(H,22,23). The summed E-state index contributed by atoms with van der Waals surface area (Å²) in [5.74, 6) is 0.603. The van der Waals surface area contributed by atoms with Crippen LogP contribution in [-0.4, -0.2) is 5.91 Å². The summed E-state index contributed by atoms with van der Waals surface area (Å²) in [4.78, 5) is 13.6. The third-order valence-corrected chi connectivity index (χ3v) is 5.84. The Morgan fingerprint density at radius 2 is 2.04 bits per heavy atom. The molecule has 1 aromatic heterocycles. The monoisotopic (exact) mass is 338 g/mol. The molecule has 0 fully saturated rings. The molecule has 0 saturated heterocycles. The van der Waals surface area contributed by atoms with Gasteiger partial charge in [-0.05, 0) is 48.3 Å². The number of aryl methyl sites for hydroxylation is 1. The molecule has 1 unspecified atom stereocenters. The minimum Gasteiger partial charge on any atom is -0.316 e. The van der Waals surface area contributed by atoms with Gasteiger partial charge in [0.05, 0.1) is 12.0 Å². The Labute approximate surface area is 147 Å². The number of hydrogen-bond donors (Lipinski definition) is 1. The summed E-state index contributed by atoms with van der Waals surface area (Å²) >= 11 is 1.58. The predicted molar refractivity (Wildman–Crippen MR) is 98.4 cm³/mol. The largest absolute Gasteiger partial charge is 0.316 e. The molecule has 0 saturated carbocycles. The van der Waals surface area contributed by atoms with Crippen LogP contribution in [-0.2, 0) is 30.5 Å². The van der Waals surface area contributed by atoms with Crippen LogP contribution in [0.15, 0.2) is 24.3 Å². The Morgan fingerprint density at radius 1 is 1.33 bits per heavy atom. The highest BCUT2D eigenvalue weighted by Crippen LogP contribution is 2.39. The highest BCUT2D eigenvalue weighted by Gasteiger charge is 2.24. The number of rotatable bonds is 4. The van der Waals surface area contributed by atoms with Crippen LogP contribution in [0, 0.1) is 17.2 Å². The van der Waals surface area contributed by atoms with E-state index in [1.54, 1.807) is 11.3 Å². The van der Waals surface area contributed by atoms with Crippen LogP contribution in [0.3, 0.4) is 0 Å². The second kappa shape index (κ2) is 7.19. The second-order valence-electron chi connectivity index (χ2n) is 6.56. The lowest BCUT2D eigenvalue weighted by Crippen LogP contribution is -2.14. The number of nitrogens with one attached hydrogen (secondary N) is 1. The Morgan fingerprint density at radius 3 is 2.71 bits per heavy atom. The van der Waals surface area contributed by atoms with Gasteiger partial charge in [0.15, 0.2) is 0 Å². The Balaban J connectivity index is 1.73. The van der Waals surface area contributed by atoms with Gasteiger partial charge in [0.25, 0.3) is 0 Å². The van der Waals surface area contributed by atoms with Gasteiger partial charge >= 0.3 is 0 Å². The summed E-state index contributed by atoms with van der Waals surface area (Å²) in [6.45, 7) is 4.36. The van der Waals surface area contributed by atoms with Gasteiger partial charge in [0, 0.05) is 4.88 Å². The van der Waals surface area contributed by atoms with Crippen LogP contribution in [0.1, 0.15) is 47.4 Å². The molecule has 124 valence electrons. The summed E-state index contributed by atoms with van der Waals surface area (Å²) in [7, 11) is 0. The number of anilines is 1. The molecule has 0 spiro atoms. The van der Waals surface area contributed by atoms with E-state index in [0.717, 1.165) is 41.8 Å². The number of nitriles is 1. The first-order valence-electron chi connectivity index (χ1n) is 8.53. The zero-order chi connectivity index (χ0) is 17.1. The van der Waals surface area contributed by atoms with Crippen molar-refractivity contribution < 1.29 is 4.79 Å². The molecule has 1 atom stereocenters. The molecule has 1 aliphatic carbocycles. The number of carbonyl (C=O) groups is 1. The minimum absolute atomic E-state index is 0.0533. The van der Waals surface area contributed by atoms with E-state index in [1.807, 2.05) is 12.1 Å². The molecular weight excluding hydrogens is 316 g/mol. The van der Waals surface area contributed by atoms with Crippen molar-refractivity contribution in [1.82, 2.24) is 0 Å². The van der Waals surface area contributed by atoms with E-state index in [1.165, 1.54) is 10.4 Å². The number of nitrogens with zero attached hydrogens (tertiary/aromatic N) is 1. The topological polar surface area (TPSA) is 52.9 Å². The van der Waals surface area contributed by atoms with E-state index >= 15 is 0 Å². The fraction of sp³-hybridized carbons (Fsp3) is 0.400. The summed E-state index contributed by atoms with van der Waals surface area (Å²) < 4.78 is 0. The zero-order valence-corrected chi connectivity index (χ0v) is 15.0. The van der Waals surface area contributed by atoms with Gasteiger partial charge in [-0.15, -0.1) is 11.3 Å². The number of carbonyl (C=O) groups excluding carboxylic acids is 1. The van der Waals surface area contributed by atoms with Crippen molar-refractivity contribution in [3.05, 3.63) is 51.4 Å². The maximum atomic E-state index is 12.4. The van der Waals surface area contributed by atoms with Gasteiger partial charge in [-0.2, -0.15) is 5.26 Å². The molecule has 3 nitrogen and oxygen atoms in total. The lowest BCUT2D eigenvalue weighted by atomic mass is 9.88. The minimum atomic E-state index is -0.0533. The van der Waals surface area contributed by atoms with Crippen LogP contribution in [0.25, 0.3) is 0 Å². The molecule has 3 rings (SSSR count). The highest BCUT2D eigenvalue weighted by molar-refractivity contribution is 7.16. The van der Waals surface area contributed by atoms with E-state index in [-0.39, 0.29) is 5.91 Å². The average molecular weight is 338 g/mol. The number of hydrogen-bond acceptors (Lipinski definition) is 3. The maximum Gasteiger partial charge on any atom is 0.229 e. The first-order chi connectivity index (χ1) is 11.6. The highest BCUT2D eigenvalue weighted by atomic mass is 32.1. The molecule has 24 heavy (non-hydrogen) atoms. The normalized spacial score (nSPS) is 16.3. The zero-order valence-electron chi connectivity index (χ0n) is 14.2. The summed E-state index contributed by atoms with van der Waals surface area (Å²) in [6, 6.07) is 10.4. The first kappa shape index (κ1) is 16.7. The molecule has 2 aromatic rings. The molecular formula is C20H22N2OS. The molecule has 0 bridgehead atoms. The molecule has 0 aliphatic heterocycles. The summed E-state index contributed by atoms with van der Waals surface area (Å²) in [5.41, 5.74) is 4.10. The lowest BCUT2D eigenvalue weighted by Gasteiger charge is -2.17. The van der Waals surface area contributed by atoms with E-state index in [2.05, 4.69) is 37.4 Å². The molecule has 4 heteroatoms. The average Bonchev–Trinajstić information content (AvgIpc) is 2.91. The van der Waals surface area contributed by atoms with Crippen molar-refractivity contribution in [1.29, 1.82) is 5.26 Å². The number of thiophene rings is 1. The van der Waals surface area contributed by atoms with Crippen molar-refractivity contribution in [3.63, 3.8) is 0 Å². The van der Waals surface area contributed by atoms with Gasteiger partial charge in [-0.25, -0.2) is 0 Å². The van der Waals surface area contributed by atoms with E-state index in [9.17, 15) is 10.1 Å². The van der Waals surface area contributed by atoms with Crippen molar-refractivity contribution in [2.45, 2.75) is 46.0 Å². The van der Waals surface area contributed by atoms with E-state index in [0.29, 0.717) is 17.9 Å². The maximum absolute atomic E-state index is 12.4. The molecule has 1 amide bonds. The van der Waals surface area contributed by atoms with Crippen LogP contribution >= 0.6 is 11.3 Å².